The molecular formula is C57H41N3S. The lowest BCUT2D eigenvalue weighted by Gasteiger charge is -2.25. The van der Waals surface area contributed by atoms with Crippen LogP contribution in [0, 0.1) is 0 Å². The summed E-state index contributed by atoms with van der Waals surface area (Å²) in [6, 6.07) is 77.1. The van der Waals surface area contributed by atoms with Gasteiger partial charge in [0.15, 0.2) is 5.84 Å². The number of amidine groups is 1. The molecule has 3 nitrogen and oxygen atoms in total. The summed E-state index contributed by atoms with van der Waals surface area (Å²) in [6.07, 6.45) is 0. The minimum absolute atomic E-state index is 0.617. The molecule has 1 aromatic heterocycles. The van der Waals surface area contributed by atoms with E-state index in [0.717, 1.165) is 50.4 Å². The average molecular weight is 800 g/mol. The van der Waals surface area contributed by atoms with E-state index in [-0.39, 0.29) is 0 Å². The van der Waals surface area contributed by atoms with Crippen molar-refractivity contribution in [2.75, 3.05) is 4.90 Å². The Hall–Kier alpha value is -7.66. The fourth-order valence-corrected chi connectivity index (χ4v) is 9.26. The first kappa shape index (κ1) is 37.6. The van der Waals surface area contributed by atoms with Gasteiger partial charge in [-0.25, -0.2) is 9.98 Å². The molecule has 0 aliphatic rings. The molecule has 290 valence electrons. The van der Waals surface area contributed by atoms with Gasteiger partial charge in [0.1, 0.15) is 0 Å². The first-order chi connectivity index (χ1) is 30.1. The standard InChI is InChI=1S/C57H41N3S/c1-39(41-16-6-3-7-17-41)58-57(59-40(2)45-29-28-43-20-12-13-21-46(43)36-45)48-23-14-22-47(37-48)52-26-15-27-54-56(52)53-35-34-51(38-55(53)61-54)60(49-24-10-5-11-25-49)50-32-30-44(31-33-50)42-18-8-4-9-19-42/h3-38H,2H2,1H3/b58-39+,59-57-. The zero-order chi connectivity index (χ0) is 41.1. The third-order valence-corrected chi connectivity index (χ3v) is 12.3. The van der Waals surface area contributed by atoms with Crippen LogP contribution in [-0.4, -0.2) is 11.5 Å². The van der Waals surface area contributed by atoms with E-state index >= 15 is 0 Å². The molecular weight excluding hydrogens is 759 g/mol. The maximum atomic E-state index is 5.18. The molecule has 0 bridgehead atoms. The Morgan fingerprint density at radius 3 is 1.85 bits per heavy atom. The summed E-state index contributed by atoms with van der Waals surface area (Å²) in [5, 5.41) is 4.81. The van der Waals surface area contributed by atoms with Crippen molar-refractivity contribution in [3.63, 3.8) is 0 Å². The molecule has 0 saturated heterocycles. The Morgan fingerprint density at radius 2 is 1.07 bits per heavy atom. The van der Waals surface area contributed by atoms with Gasteiger partial charge in [0.25, 0.3) is 0 Å². The summed E-state index contributed by atoms with van der Waals surface area (Å²) in [4.78, 5) is 12.7. The fraction of sp³-hybridized carbons (Fsp3) is 0.0175. The monoisotopic (exact) mass is 799 g/mol. The van der Waals surface area contributed by atoms with Gasteiger partial charge in [-0.2, -0.15) is 0 Å². The van der Waals surface area contributed by atoms with Crippen LogP contribution >= 0.6 is 11.3 Å². The van der Waals surface area contributed by atoms with E-state index in [0.29, 0.717) is 11.5 Å². The number of rotatable bonds is 9. The number of nitrogens with zero attached hydrogens (tertiary/aromatic N) is 3. The predicted molar refractivity (Wildman–Crippen MR) is 263 cm³/mol. The molecule has 10 aromatic rings. The van der Waals surface area contributed by atoms with Gasteiger partial charge >= 0.3 is 0 Å². The number of thiophene rings is 1. The number of hydrogen-bond acceptors (Lipinski definition) is 3. The van der Waals surface area contributed by atoms with Gasteiger partial charge in [-0.15, -0.1) is 11.3 Å². The zero-order valence-electron chi connectivity index (χ0n) is 33.7. The number of benzene rings is 9. The van der Waals surface area contributed by atoms with Crippen molar-refractivity contribution >= 4 is 76.6 Å². The van der Waals surface area contributed by atoms with Crippen molar-refractivity contribution in [2.45, 2.75) is 6.92 Å². The third kappa shape index (κ3) is 7.69. The lowest BCUT2D eigenvalue weighted by molar-refractivity contribution is 1.29. The van der Waals surface area contributed by atoms with Gasteiger partial charge in [0, 0.05) is 54.1 Å². The van der Waals surface area contributed by atoms with E-state index in [9.17, 15) is 0 Å². The van der Waals surface area contributed by atoms with Gasteiger partial charge in [0.05, 0.1) is 5.70 Å². The molecule has 0 atom stereocenters. The lowest BCUT2D eigenvalue weighted by Crippen LogP contribution is -2.09. The number of aliphatic imine (C=N–C) groups is 2. The van der Waals surface area contributed by atoms with Crippen LogP contribution in [-0.2, 0) is 0 Å². The van der Waals surface area contributed by atoms with Gasteiger partial charge < -0.3 is 4.90 Å². The molecule has 61 heavy (non-hydrogen) atoms. The molecule has 0 amide bonds. The average Bonchev–Trinajstić information content (AvgIpc) is 3.71. The molecule has 0 saturated carbocycles. The second-order valence-corrected chi connectivity index (χ2v) is 16.2. The molecule has 1 heterocycles. The SMILES string of the molecule is C=C(/N=C(\N=C(/C)c1ccccc1)c1cccc(-c2cccc3sc4cc(N(c5ccccc5)c5ccc(-c6ccccc6)cc5)ccc4c23)c1)c1ccc2ccccc2c1. The molecule has 0 aliphatic heterocycles. The van der Waals surface area contributed by atoms with E-state index in [1.165, 1.54) is 42.2 Å². The first-order valence-corrected chi connectivity index (χ1v) is 21.3. The van der Waals surface area contributed by atoms with E-state index in [1.807, 2.05) is 36.5 Å². The normalized spacial score (nSPS) is 12.0. The van der Waals surface area contributed by atoms with Crippen molar-refractivity contribution in [3.8, 4) is 22.3 Å². The lowest BCUT2D eigenvalue weighted by atomic mass is 9.97. The van der Waals surface area contributed by atoms with Crippen LogP contribution in [0.1, 0.15) is 23.6 Å². The van der Waals surface area contributed by atoms with E-state index in [1.54, 1.807) is 0 Å². The Balaban J connectivity index is 1.05. The minimum atomic E-state index is 0.617. The Kier molecular flexibility index (Phi) is 10.2. The van der Waals surface area contributed by atoms with Crippen LogP contribution in [0.25, 0.3) is 58.9 Å². The fourth-order valence-electron chi connectivity index (χ4n) is 8.10. The number of hydrogen-bond donors (Lipinski definition) is 0. The van der Waals surface area contributed by atoms with Crippen LogP contribution in [0.3, 0.4) is 0 Å². The van der Waals surface area contributed by atoms with Crippen molar-refractivity contribution in [1.29, 1.82) is 0 Å². The molecule has 10 rings (SSSR count). The largest absolute Gasteiger partial charge is 0.310 e. The molecule has 0 spiro atoms. The van der Waals surface area contributed by atoms with E-state index in [2.05, 4.69) is 212 Å². The van der Waals surface area contributed by atoms with Gasteiger partial charge in [-0.05, 0) is 100 Å². The van der Waals surface area contributed by atoms with Crippen LogP contribution in [0.5, 0.6) is 0 Å². The van der Waals surface area contributed by atoms with Gasteiger partial charge in [-0.1, -0.05) is 170 Å². The smallest absolute Gasteiger partial charge is 0.160 e. The molecule has 4 heteroatoms. The second-order valence-electron chi connectivity index (χ2n) is 15.1. The summed E-state index contributed by atoms with van der Waals surface area (Å²) >= 11 is 1.83. The topological polar surface area (TPSA) is 28.0 Å². The molecule has 9 aromatic carbocycles. The van der Waals surface area contributed by atoms with Crippen molar-refractivity contribution in [3.05, 3.63) is 242 Å². The highest BCUT2D eigenvalue weighted by molar-refractivity contribution is 7.26. The quantitative estimate of drug-likeness (QED) is 0.106. The molecule has 0 aliphatic carbocycles. The van der Waals surface area contributed by atoms with Crippen LogP contribution < -0.4 is 4.90 Å². The van der Waals surface area contributed by atoms with Gasteiger partial charge in [-0.3, -0.25) is 0 Å². The van der Waals surface area contributed by atoms with Crippen molar-refractivity contribution in [2.24, 2.45) is 9.98 Å². The van der Waals surface area contributed by atoms with E-state index < -0.39 is 0 Å². The summed E-state index contributed by atoms with van der Waals surface area (Å²) in [5.74, 6) is 0.617. The highest BCUT2D eigenvalue weighted by Crippen LogP contribution is 2.44. The van der Waals surface area contributed by atoms with Crippen molar-refractivity contribution in [1.82, 2.24) is 0 Å². The summed E-state index contributed by atoms with van der Waals surface area (Å²) in [6.45, 7) is 6.48. The highest BCUT2D eigenvalue weighted by atomic mass is 32.1. The second kappa shape index (κ2) is 16.5. The summed E-state index contributed by atoms with van der Waals surface area (Å²) in [7, 11) is 0. The molecule has 0 N–H and O–H groups in total. The summed E-state index contributed by atoms with van der Waals surface area (Å²) in [5.41, 5.74) is 12.5. The van der Waals surface area contributed by atoms with Crippen molar-refractivity contribution < 1.29 is 0 Å². The summed E-state index contributed by atoms with van der Waals surface area (Å²) < 4.78 is 2.47. The minimum Gasteiger partial charge on any atom is -0.310 e. The number of anilines is 3. The van der Waals surface area contributed by atoms with E-state index in [4.69, 9.17) is 9.98 Å². The Labute approximate surface area is 360 Å². The number of fused-ring (bicyclic) bond motifs is 4. The van der Waals surface area contributed by atoms with Crippen LogP contribution in [0.4, 0.5) is 17.1 Å². The maximum Gasteiger partial charge on any atom is 0.160 e. The maximum absolute atomic E-state index is 5.18. The predicted octanol–water partition coefficient (Wildman–Crippen LogP) is 15.9. The third-order valence-electron chi connectivity index (χ3n) is 11.2. The molecule has 0 unspecified atom stereocenters. The molecule has 0 fully saturated rings. The molecule has 0 radical (unpaired) electrons. The number of para-hydroxylation sites is 1. The zero-order valence-corrected chi connectivity index (χ0v) is 34.6. The van der Waals surface area contributed by atoms with Crippen LogP contribution in [0.15, 0.2) is 235 Å². The Bertz CT molecular complexity index is 3250. The Morgan fingerprint density at radius 1 is 0.443 bits per heavy atom. The first-order valence-electron chi connectivity index (χ1n) is 20.5. The van der Waals surface area contributed by atoms with Crippen LogP contribution in [0.2, 0.25) is 0 Å². The highest BCUT2D eigenvalue weighted by Gasteiger charge is 2.17. The van der Waals surface area contributed by atoms with Gasteiger partial charge in [0.2, 0.25) is 0 Å².